The van der Waals surface area contributed by atoms with Gasteiger partial charge in [0, 0.05) is 11.1 Å². The van der Waals surface area contributed by atoms with Gasteiger partial charge in [-0.2, -0.15) is 5.10 Å². The highest BCUT2D eigenvalue weighted by Gasteiger charge is 2.09. The molecule has 0 saturated carbocycles. The fraction of sp³-hybridized carbons (Fsp3) is 0.0625. The number of hydrogen-bond donors (Lipinski definition) is 2. The summed E-state index contributed by atoms with van der Waals surface area (Å²) in [6.45, 7) is -0.298. The highest BCUT2D eigenvalue weighted by atomic mass is 35.5. The Hall–Kier alpha value is -2.44. The van der Waals surface area contributed by atoms with E-state index in [1.165, 1.54) is 36.5 Å². The number of amides is 2. The van der Waals surface area contributed by atoms with Gasteiger partial charge in [0.05, 0.1) is 22.8 Å². The van der Waals surface area contributed by atoms with E-state index in [1.54, 1.807) is 12.1 Å². The number of nitrogens with one attached hydrogen (secondary N) is 2. The summed E-state index contributed by atoms with van der Waals surface area (Å²) in [6, 6.07) is 10.3. The van der Waals surface area contributed by atoms with Gasteiger partial charge < -0.3 is 5.32 Å². The first kappa shape index (κ1) is 17.9. The van der Waals surface area contributed by atoms with E-state index in [2.05, 4.69) is 15.8 Å². The number of carbonyl (C=O) groups excluding carboxylic acids is 2. The predicted octanol–water partition coefficient (Wildman–Crippen LogP) is 3.01. The quantitative estimate of drug-likeness (QED) is 0.629. The van der Waals surface area contributed by atoms with E-state index in [4.69, 9.17) is 23.2 Å². The number of carbonyl (C=O) groups is 2. The maximum absolute atomic E-state index is 13.3. The Balaban J connectivity index is 1.83. The van der Waals surface area contributed by atoms with Gasteiger partial charge in [0.1, 0.15) is 5.82 Å². The third-order valence-electron chi connectivity index (χ3n) is 2.89. The van der Waals surface area contributed by atoms with Crippen LogP contribution in [0.4, 0.5) is 4.39 Å². The molecule has 24 heavy (non-hydrogen) atoms. The highest BCUT2D eigenvalue weighted by Crippen LogP contribution is 2.22. The van der Waals surface area contributed by atoms with Crippen LogP contribution in [-0.4, -0.2) is 24.6 Å². The van der Waals surface area contributed by atoms with Gasteiger partial charge in [-0.1, -0.05) is 41.4 Å². The predicted molar refractivity (Wildman–Crippen MR) is 90.9 cm³/mol. The van der Waals surface area contributed by atoms with Gasteiger partial charge in [0.25, 0.3) is 11.8 Å². The van der Waals surface area contributed by atoms with Crippen molar-refractivity contribution in [2.24, 2.45) is 5.10 Å². The van der Waals surface area contributed by atoms with Crippen molar-refractivity contribution >= 4 is 41.2 Å². The van der Waals surface area contributed by atoms with Crippen LogP contribution in [-0.2, 0) is 4.79 Å². The number of benzene rings is 2. The summed E-state index contributed by atoms with van der Waals surface area (Å²) >= 11 is 11.6. The van der Waals surface area contributed by atoms with Gasteiger partial charge in [-0.15, -0.1) is 0 Å². The molecule has 0 spiro atoms. The molecule has 0 bridgehead atoms. The standard InChI is InChI=1S/C16H12Cl2FN3O2/c17-12-6-5-10(7-13(12)18)16(24)20-9-15(23)22-21-8-11-3-1-2-4-14(11)19/h1-8H,9H2,(H,20,24)(H,22,23). The SMILES string of the molecule is O=C(CNC(=O)c1ccc(Cl)c(Cl)c1)NN=Cc1ccccc1F. The van der Waals surface area contributed by atoms with Crippen LogP contribution in [0.5, 0.6) is 0 Å². The molecule has 2 amide bonds. The molecule has 2 N–H and O–H groups in total. The summed E-state index contributed by atoms with van der Waals surface area (Å²) in [6.07, 6.45) is 1.17. The molecule has 124 valence electrons. The Labute approximate surface area is 147 Å². The van der Waals surface area contributed by atoms with Crippen LogP contribution in [0.3, 0.4) is 0 Å². The van der Waals surface area contributed by atoms with Crippen LogP contribution >= 0.6 is 23.2 Å². The summed E-state index contributed by atoms with van der Waals surface area (Å²) in [5, 5.41) is 6.60. The van der Waals surface area contributed by atoms with Crippen molar-refractivity contribution in [2.75, 3.05) is 6.54 Å². The van der Waals surface area contributed by atoms with Gasteiger partial charge in [-0.25, -0.2) is 9.82 Å². The zero-order valence-corrected chi connectivity index (χ0v) is 13.7. The zero-order chi connectivity index (χ0) is 17.5. The molecule has 0 aliphatic carbocycles. The molecule has 2 aromatic carbocycles. The summed E-state index contributed by atoms with van der Waals surface area (Å²) < 4.78 is 13.3. The second-order valence-corrected chi connectivity index (χ2v) is 5.44. The average Bonchev–Trinajstić information content (AvgIpc) is 2.57. The lowest BCUT2D eigenvalue weighted by Crippen LogP contribution is -2.34. The van der Waals surface area contributed by atoms with E-state index >= 15 is 0 Å². The zero-order valence-electron chi connectivity index (χ0n) is 12.2. The monoisotopic (exact) mass is 367 g/mol. The normalized spacial score (nSPS) is 10.6. The van der Waals surface area contributed by atoms with Crippen molar-refractivity contribution in [3.63, 3.8) is 0 Å². The third kappa shape index (κ3) is 5.04. The number of hydrazone groups is 1. The molecule has 0 fully saturated rings. The minimum Gasteiger partial charge on any atom is -0.343 e. The lowest BCUT2D eigenvalue weighted by Gasteiger charge is -2.05. The van der Waals surface area contributed by atoms with Gasteiger partial charge >= 0.3 is 0 Å². The Morgan fingerprint density at radius 3 is 2.58 bits per heavy atom. The Morgan fingerprint density at radius 2 is 1.88 bits per heavy atom. The fourth-order valence-corrected chi connectivity index (χ4v) is 1.99. The molecule has 0 aromatic heterocycles. The molecule has 0 saturated heterocycles. The van der Waals surface area contributed by atoms with E-state index in [0.717, 1.165) is 0 Å². The van der Waals surface area contributed by atoms with Crippen LogP contribution in [0, 0.1) is 5.82 Å². The molecule has 5 nitrogen and oxygen atoms in total. The smallest absolute Gasteiger partial charge is 0.259 e. The van der Waals surface area contributed by atoms with E-state index in [-0.39, 0.29) is 22.7 Å². The van der Waals surface area contributed by atoms with Crippen LogP contribution in [0.1, 0.15) is 15.9 Å². The minimum atomic E-state index is -0.559. The number of nitrogens with zero attached hydrogens (tertiary/aromatic N) is 1. The number of halogens is 3. The van der Waals surface area contributed by atoms with Crippen molar-refractivity contribution in [3.05, 3.63) is 69.5 Å². The van der Waals surface area contributed by atoms with E-state index in [0.29, 0.717) is 5.02 Å². The number of rotatable bonds is 5. The molecular weight excluding hydrogens is 356 g/mol. The highest BCUT2D eigenvalue weighted by molar-refractivity contribution is 6.42. The first-order valence-electron chi connectivity index (χ1n) is 6.77. The van der Waals surface area contributed by atoms with Crippen molar-refractivity contribution in [1.29, 1.82) is 0 Å². The van der Waals surface area contributed by atoms with Crippen LogP contribution < -0.4 is 10.7 Å². The molecule has 2 aromatic rings. The first-order valence-corrected chi connectivity index (χ1v) is 7.52. The Kier molecular flexibility index (Phi) is 6.28. The topological polar surface area (TPSA) is 70.6 Å². The van der Waals surface area contributed by atoms with Crippen LogP contribution in [0.15, 0.2) is 47.6 Å². The second-order valence-electron chi connectivity index (χ2n) is 4.63. The molecule has 0 aliphatic rings. The Bertz CT molecular complexity index is 797. The Morgan fingerprint density at radius 1 is 1.12 bits per heavy atom. The van der Waals surface area contributed by atoms with E-state index < -0.39 is 17.6 Å². The fourth-order valence-electron chi connectivity index (χ4n) is 1.69. The minimum absolute atomic E-state index is 0.234. The largest absolute Gasteiger partial charge is 0.343 e. The summed E-state index contributed by atoms with van der Waals surface area (Å²) in [4.78, 5) is 23.5. The first-order chi connectivity index (χ1) is 11.5. The lowest BCUT2D eigenvalue weighted by atomic mass is 10.2. The van der Waals surface area contributed by atoms with E-state index in [1.807, 2.05) is 0 Å². The summed E-state index contributed by atoms with van der Waals surface area (Å²) in [5.41, 5.74) is 2.69. The summed E-state index contributed by atoms with van der Waals surface area (Å²) in [5.74, 6) is -1.50. The maximum atomic E-state index is 13.3. The molecule has 0 heterocycles. The second kappa shape index (κ2) is 8.42. The molecule has 0 radical (unpaired) electrons. The van der Waals surface area contributed by atoms with Gasteiger partial charge in [0.15, 0.2) is 0 Å². The third-order valence-corrected chi connectivity index (χ3v) is 3.63. The molecule has 0 unspecified atom stereocenters. The molecular formula is C16H12Cl2FN3O2. The average molecular weight is 368 g/mol. The molecule has 2 rings (SSSR count). The van der Waals surface area contributed by atoms with Gasteiger partial charge in [0.2, 0.25) is 0 Å². The van der Waals surface area contributed by atoms with Crippen molar-refractivity contribution in [2.45, 2.75) is 0 Å². The number of hydrogen-bond acceptors (Lipinski definition) is 3. The van der Waals surface area contributed by atoms with E-state index in [9.17, 15) is 14.0 Å². The molecule has 8 heteroatoms. The van der Waals surface area contributed by atoms with Crippen molar-refractivity contribution in [1.82, 2.24) is 10.7 Å². The van der Waals surface area contributed by atoms with Gasteiger partial charge in [-0.3, -0.25) is 9.59 Å². The molecule has 0 atom stereocenters. The van der Waals surface area contributed by atoms with Crippen LogP contribution in [0.25, 0.3) is 0 Å². The summed E-state index contributed by atoms with van der Waals surface area (Å²) in [7, 11) is 0. The molecule has 0 aliphatic heterocycles. The van der Waals surface area contributed by atoms with Crippen molar-refractivity contribution < 1.29 is 14.0 Å². The maximum Gasteiger partial charge on any atom is 0.259 e. The van der Waals surface area contributed by atoms with Crippen molar-refractivity contribution in [3.8, 4) is 0 Å². The van der Waals surface area contributed by atoms with Crippen LogP contribution in [0.2, 0.25) is 10.0 Å². The van der Waals surface area contributed by atoms with Gasteiger partial charge in [-0.05, 0) is 24.3 Å². The lowest BCUT2D eigenvalue weighted by molar-refractivity contribution is -0.120.